The summed E-state index contributed by atoms with van der Waals surface area (Å²) in [6.45, 7) is 2.42. The second-order valence-corrected chi connectivity index (χ2v) is 3.47. The summed E-state index contributed by atoms with van der Waals surface area (Å²) in [5.74, 6) is -1.57. The van der Waals surface area contributed by atoms with E-state index in [1.54, 1.807) is 0 Å². The van der Waals surface area contributed by atoms with E-state index in [4.69, 9.17) is 5.11 Å². The molecule has 0 heterocycles. The molecule has 0 aliphatic heterocycles. The maximum absolute atomic E-state index is 11.1. The fraction of sp³-hybridized carbons (Fsp3) is 0.333. The average molecular weight is 221 g/mol. The summed E-state index contributed by atoms with van der Waals surface area (Å²) in [6.07, 6.45) is 0.416. The molecule has 0 saturated carbocycles. The van der Waals surface area contributed by atoms with Crippen LogP contribution >= 0.6 is 0 Å². The Morgan fingerprint density at radius 3 is 2.44 bits per heavy atom. The topological polar surface area (TPSA) is 66.4 Å². The van der Waals surface area contributed by atoms with Gasteiger partial charge in [0.05, 0.1) is 0 Å². The molecular weight excluding hydrogens is 206 g/mol. The van der Waals surface area contributed by atoms with Crippen molar-refractivity contribution >= 4 is 11.9 Å². The van der Waals surface area contributed by atoms with Gasteiger partial charge in [0.25, 0.3) is 0 Å². The van der Waals surface area contributed by atoms with Crippen LogP contribution in [0.3, 0.4) is 0 Å². The number of hydrogen-bond donors (Lipinski definition) is 2. The van der Waals surface area contributed by atoms with Gasteiger partial charge in [-0.1, -0.05) is 31.2 Å². The van der Waals surface area contributed by atoms with Gasteiger partial charge in [-0.2, -0.15) is 0 Å². The Hall–Kier alpha value is -1.84. The van der Waals surface area contributed by atoms with Crippen molar-refractivity contribution in [3.05, 3.63) is 35.4 Å². The molecule has 1 amide bonds. The highest BCUT2D eigenvalue weighted by molar-refractivity contribution is 5.93. The molecular formula is C12H15NO3. The molecule has 0 aliphatic carbocycles. The van der Waals surface area contributed by atoms with E-state index in [1.807, 2.05) is 31.2 Å². The van der Waals surface area contributed by atoms with Gasteiger partial charge in [-0.25, -0.2) is 0 Å². The summed E-state index contributed by atoms with van der Waals surface area (Å²) < 4.78 is 0. The van der Waals surface area contributed by atoms with Gasteiger partial charge >= 0.3 is 5.97 Å². The molecule has 0 radical (unpaired) electrons. The number of carboxylic acids is 1. The van der Waals surface area contributed by atoms with Gasteiger partial charge in [-0.3, -0.25) is 9.59 Å². The molecule has 1 rings (SSSR count). The summed E-state index contributed by atoms with van der Waals surface area (Å²) >= 11 is 0. The van der Waals surface area contributed by atoms with Crippen LogP contribution in [0.15, 0.2) is 24.3 Å². The smallest absolute Gasteiger partial charge is 0.312 e. The molecule has 0 aliphatic rings. The molecule has 0 spiro atoms. The maximum Gasteiger partial charge on any atom is 0.312 e. The van der Waals surface area contributed by atoms with Crippen LogP contribution < -0.4 is 5.32 Å². The number of carboxylic acid groups (broad SMARTS) is 1. The van der Waals surface area contributed by atoms with Crippen molar-refractivity contribution in [2.24, 2.45) is 0 Å². The van der Waals surface area contributed by atoms with Crippen molar-refractivity contribution in [3.63, 3.8) is 0 Å². The third-order valence-corrected chi connectivity index (χ3v) is 2.29. The Kier molecular flexibility index (Phi) is 4.51. The molecule has 86 valence electrons. The Morgan fingerprint density at radius 1 is 1.25 bits per heavy atom. The molecule has 0 saturated heterocycles. The van der Waals surface area contributed by atoms with E-state index in [-0.39, 0.29) is 0 Å². The van der Waals surface area contributed by atoms with Gasteiger partial charge in [0.15, 0.2) is 0 Å². The lowest BCUT2D eigenvalue weighted by Crippen LogP contribution is -2.25. The number of benzene rings is 1. The van der Waals surface area contributed by atoms with Crippen LogP contribution in [0.4, 0.5) is 0 Å². The minimum atomic E-state index is -1.11. The fourth-order valence-electron chi connectivity index (χ4n) is 1.47. The zero-order chi connectivity index (χ0) is 12.0. The van der Waals surface area contributed by atoms with Crippen molar-refractivity contribution < 1.29 is 14.7 Å². The first kappa shape index (κ1) is 12.2. The standard InChI is InChI=1S/C12H15NO3/c1-2-9-5-3-4-6-10(9)8-13-11(14)7-12(15)16/h3-6H,2,7-8H2,1H3,(H,13,14)(H,15,16). The molecule has 0 bridgehead atoms. The van der Waals surface area contributed by atoms with Crippen LogP contribution in [-0.2, 0) is 22.6 Å². The van der Waals surface area contributed by atoms with E-state index in [1.165, 1.54) is 0 Å². The van der Waals surface area contributed by atoms with E-state index in [2.05, 4.69) is 5.32 Å². The Balaban J connectivity index is 2.54. The van der Waals surface area contributed by atoms with Crippen LogP contribution in [0.5, 0.6) is 0 Å². The Morgan fingerprint density at radius 2 is 1.88 bits per heavy atom. The van der Waals surface area contributed by atoms with Crippen molar-refractivity contribution in [1.29, 1.82) is 0 Å². The molecule has 1 aromatic rings. The first-order chi connectivity index (χ1) is 7.63. The SMILES string of the molecule is CCc1ccccc1CNC(=O)CC(=O)O. The van der Waals surface area contributed by atoms with Crippen LogP contribution in [0, 0.1) is 0 Å². The predicted octanol–water partition coefficient (Wildman–Crippen LogP) is 1.34. The van der Waals surface area contributed by atoms with E-state index in [0.29, 0.717) is 6.54 Å². The lowest BCUT2D eigenvalue weighted by molar-refractivity contribution is -0.140. The lowest BCUT2D eigenvalue weighted by Gasteiger charge is -2.08. The van der Waals surface area contributed by atoms with E-state index < -0.39 is 18.3 Å². The minimum absolute atomic E-state index is 0.385. The largest absolute Gasteiger partial charge is 0.481 e. The van der Waals surface area contributed by atoms with Crippen molar-refractivity contribution in [2.45, 2.75) is 26.3 Å². The van der Waals surface area contributed by atoms with Crippen LogP contribution in [0.25, 0.3) is 0 Å². The molecule has 4 nitrogen and oxygen atoms in total. The molecule has 1 aromatic carbocycles. The fourth-order valence-corrected chi connectivity index (χ4v) is 1.47. The summed E-state index contributed by atoms with van der Waals surface area (Å²) in [5.41, 5.74) is 2.20. The minimum Gasteiger partial charge on any atom is -0.481 e. The Bertz CT molecular complexity index is 388. The van der Waals surface area contributed by atoms with E-state index in [0.717, 1.165) is 17.5 Å². The first-order valence-corrected chi connectivity index (χ1v) is 5.18. The average Bonchev–Trinajstić information content (AvgIpc) is 2.26. The zero-order valence-corrected chi connectivity index (χ0v) is 9.19. The quantitative estimate of drug-likeness (QED) is 0.737. The third kappa shape index (κ3) is 3.73. The molecule has 0 atom stereocenters. The van der Waals surface area contributed by atoms with Gasteiger partial charge in [-0.15, -0.1) is 0 Å². The monoisotopic (exact) mass is 221 g/mol. The number of amides is 1. The van der Waals surface area contributed by atoms with Crippen LogP contribution in [-0.4, -0.2) is 17.0 Å². The summed E-state index contributed by atoms with van der Waals surface area (Å²) in [4.78, 5) is 21.4. The normalized spacial score (nSPS) is 9.81. The highest BCUT2D eigenvalue weighted by Gasteiger charge is 2.07. The lowest BCUT2D eigenvalue weighted by atomic mass is 10.1. The van der Waals surface area contributed by atoms with Crippen molar-refractivity contribution in [1.82, 2.24) is 5.32 Å². The number of rotatable bonds is 5. The highest BCUT2D eigenvalue weighted by Crippen LogP contribution is 2.08. The number of hydrogen-bond acceptors (Lipinski definition) is 2. The molecule has 4 heteroatoms. The molecule has 2 N–H and O–H groups in total. The second-order valence-electron chi connectivity index (χ2n) is 3.47. The molecule has 16 heavy (non-hydrogen) atoms. The van der Waals surface area contributed by atoms with Gasteiger partial charge in [-0.05, 0) is 17.5 Å². The molecule has 0 aromatic heterocycles. The second kappa shape index (κ2) is 5.90. The van der Waals surface area contributed by atoms with Crippen LogP contribution in [0.1, 0.15) is 24.5 Å². The summed E-state index contributed by atoms with van der Waals surface area (Å²) in [6, 6.07) is 7.78. The van der Waals surface area contributed by atoms with Crippen LogP contribution in [0.2, 0.25) is 0 Å². The van der Waals surface area contributed by atoms with Crippen molar-refractivity contribution in [2.75, 3.05) is 0 Å². The first-order valence-electron chi connectivity index (χ1n) is 5.18. The van der Waals surface area contributed by atoms with Crippen molar-refractivity contribution in [3.8, 4) is 0 Å². The van der Waals surface area contributed by atoms with Gasteiger partial charge in [0, 0.05) is 6.54 Å². The van der Waals surface area contributed by atoms with Gasteiger partial charge < -0.3 is 10.4 Å². The number of aliphatic carboxylic acids is 1. The van der Waals surface area contributed by atoms with E-state index >= 15 is 0 Å². The molecule has 0 unspecified atom stereocenters. The number of carbonyl (C=O) groups is 2. The highest BCUT2D eigenvalue weighted by atomic mass is 16.4. The number of carbonyl (C=O) groups excluding carboxylic acids is 1. The Labute approximate surface area is 94.3 Å². The van der Waals surface area contributed by atoms with E-state index in [9.17, 15) is 9.59 Å². The van der Waals surface area contributed by atoms with Gasteiger partial charge in [0.2, 0.25) is 5.91 Å². The zero-order valence-electron chi connectivity index (χ0n) is 9.19. The summed E-state index contributed by atoms with van der Waals surface area (Å²) in [5, 5.41) is 11.0. The third-order valence-electron chi connectivity index (χ3n) is 2.29. The maximum atomic E-state index is 11.1. The number of aryl methyl sites for hydroxylation is 1. The summed E-state index contributed by atoms with van der Waals surface area (Å²) in [7, 11) is 0. The molecule has 0 fully saturated rings. The number of nitrogens with one attached hydrogen (secondary N) is 1. The predicted molar refractivity (Wildman–Crippen MR) is 59.9 cm³/mol. The van der Waals surface area contributed by atoms with Gasteiger partial charge in [0.1, 0.15) is 6.42 Å².